The molecular formula is C20H28O3. The van der Waals surface area contributed by atoms with Gasteiger partial charge in [0.25, 0.3) is 0 Å². The SMILES string of the molecule is C=C1C(=O)O[C@H]2C[C@H]3C(=C[C@@]12O)CC[C@H]1C(C)(C)CCC[C@]31C. The molecule has 0 aromatic rings. The van der Waals surface area contributed by atoms with Crippen molar-refractivity contribution in [2.45, 2.75) is 71.0 Å². The van der Waals surface area contributed by atoms with Crippen molar-refractivity contribution in [1.29, 1.82) is 0 Å². The quantitative estimate of drug-likeness (QED) is 0.420. The van der Waals surface area contributed by atoms with Crippen LogP contribution in [0.5, 0.6) is 0 Å². The number of carbonyl (C=O) groups is 1. The standard InChI is InChI=1S/C20H28O3/c1-12-17(21)23-16-10-14-13(11-20(12,16)22)6-7-15-18(2,3)8-5-9-19(14,15)4/h11,14-16,22H,1,5-10H2,2-4H3/t14-,15-,16-,19+,20+/m0/s1. The van der Waals surface area contributed by atoms with Gasteiger partial charge in [-0.2, -0.15) is 0 Å². The van der Waals surface area contributed by atoms with Gasteiger partial charge < -0.3 is 9.84 Å². The molecule has 0 aromatic heterocycles. The molecule has 4 aliphatic rings. The molecule has 5 atom stereocenters. The Kier molecular flexibility index (Phi) is 3.02. The van der Waals surface area contributed by atoms with Gasteiger partial charge in [-0.25, -0.2) is 4.79 Å². The maximum Gasteiger partial charge on any atom is 0.337 e. The van der Waals surface area contributed by atoms with E-state index < -0.39 is 17.7 Å². The summed E-state index contributed by atoms with van der Waals surface area (Å²) in [6, 6.07) is 0. The van der Waals surface area contributed by atoms with Gasteiger partial charge in [-0.3, -0.25) is 0 Å². The molecule has 1 heterocycles. The van der Waals surface area contributed by atoms with Crippen molar-refractivity contribution < 1.29 is 14.6 Å². The van der Waals surface area contributed by atoms with Crippen molar-refractivity contribution in [3.05, 3.63) is 23.8 Å². The van der Waals surface area contributed by atoms with Gasteiger partial charge >= 0.3 is 5.97 Å². The summed E-state index contributed by atoms with van der Waals surface area (Å²) in [5, 5.41) is 10.9. The van der Waals surface area contributed by atoms with Crippen LogP contribution in [0.1, 0.15) is 59.3 Å². The molecule has 0 bridgehead atoms. The minimum Gasteiger partial charge on any atom is -0.455 e. The summed E-state index contributed by atoms with van der Waals surface area (Å²) in [7, 11) is 0. The summed E-state index contributed by atoms with van der Waals surface area (Å²) in [5.74, 6) is 0.695. The van der Waals surface area contributed by atoms with Gasteiger partial charge in [-0.05, 0) is 60.8 Å². The van der Waals surface area contributed by atoms with Gasteiger partial charge in [0.05, 0.1) is 5.57 Å². The van der Waals surface area contributed by atoms with E-state index >= 15 is 0 Å². The molecule has 3 fully saturated rings. The van der Waals surface area contributed by atoms with E-state index in [0.717, 1.165) is 12.8 Å². The monoisotopic (exact) mass is 316 g/mol. The number of carbonyl (C=O) groups excluding carboxylic acids is 1. The molecule has 0 amide bonds. The summed E-state index contributed by atoms with van der Waals surface area (Å²) in [4.78, 5) is 11.9. The van der Waals surface area contributed by atoms with E-state index in [4.69, 9.17) is 4.74 Å². The lowest BCUT2D eigenvalue weighted by atomic mass is 9.45. The Balaban J connectivity index is 1.75. The van der Waals surface area contributed by atoms with Crippen LogP contribution in [-0.2, 0) is 9.53 Å². The zero-order valence-electron chi connectivity index (χ0n) is 14.5. The zero-order chi connectivity index (χ0) is 16.6. The summed E-state index contributed by atoms with van der Waals surface area (Å²) < 4.78 is 5.47. The molecule has 0 unspecified atom stereocenters. The number of esters is 1. The molecule has 1 saturated heterocycles. The molecule has 3 nitrogen and oxygen atoms in total. The second-order valence-electron chi connectivity index (χ2n) is 9.14. The second-order valence-corrected chi connectivity index (χ2v) is 9.14. The first-order valence-electron chi connectivity index (χ1n) is 9.03. The predicted molar refractivity (Wildman–Crippen MR) is 88.6 cm³/mol. The normalized spacial score (nSPS) is 48.0. The minimum atomic E-state index is -1.27. The van der Waals surface area contributed by atoms with Crippen LogP contribution < -0.4 is 0 Å². The van der Waals surface area contributed by atoms with Crippen LogP contribution in [0.4, 0.5) is 0 Å². The summed E-state index contributed by atoms with van der Waals surface area (Å²) in [6.07, 6.45) is 8.26. The average Bonchev–Trinajstić information content (AvgIpc) is 2.67. The van der Waals surface area contributed by atoms with Crippen LogP contribution in [0.3, 0.4) is 0 Å². The van der Waals surface area contributed by atoms with E-state index in [2.05, 4.69) is 27.4 Å². The first-order valence-corrected chi connectivity index (χ1v) is 9.03. The number of rotatable bonds is 0. The molecular weight excluding hydrogens is 288 g/mol. The maximum atomic E-state index is 11.9. The van der Waals surface area contributed by atoms with E-state index in [1.807, 2.05) is 6.08 Å². The summed E-state index contributed by atoms with van der Waals surface area (Å²) >= 11 is 0. The van der Waals surface area contributed by atoms with Gasteiger partial charge in [-0.1, -0.05) is 39.3 Å². The van der Waals surface area contributed by atoms with Crippen LogP contribution in [-0.4, -0.2) is 22.8 Å². The van der Waals surface area contributed by atoms with Crippen LogP contribution in [0.2, 0.25) is 0 Å². The van der Waals surface area contributed by atoms with Crippen LogP contribution in [0, 0.1) is 22.7 Å². The lowest BCUT2D eigenvalue weighted by Crippen LogP contribution is -2.54. The molecule has 0 radical (unpaired) electrons. The first kappa shape index (κ1) is 15.4. The molecule has 3 heteroatoms. The third kappa shape index (κ3) is 1.89. The minimum absolute atomic E-state index is 0.213. The third-order valence-electron chi connectivity index (χ3n) is 7.57. The average molecular weight is 316 g/mol. The summed E-state index contributed by atoms with van der Waals surface area (Å²) in [6.45, 7) is 11.1. The Morgan fingerprint density at radius 2 is 2.04 bits per heavy atom. The van der Waals surface area contributed by atoms with E-state index in [1.165, 1.54) is 31.3 Å². The van der Waals surface area contributed by atoms with Gasteiger partial charge in [0, 0.05) is 0 Å². The number of ether oxygens (including phenoxy) is 1. The lowest BCUT2D eigenvalue weighted by molar-refractivity contribution is -0.144. The zero-order valence-corrected chi connectivity index (χ0v) is 14.5. The largest absolute Gasteiger partial charge is 0.455 e. The summed E-state index contributed by atoms with van der Waals surface area (Å²) in [5.41, 5.74) is 0.909. The Morgan fingerprint density at radius 3 is 2.78 bits per heavy atom. The molecule has 2 saturated carbocycles. The highest BCUT2D eigenvalue weighted by atomic mass is 16.6. The van der Waals surface area contributed by atoms with E-state index in [0.29, 0.717) is 17.3 Å². The molecule has 1 N–H and O–H groups in total. The fourth-order valence-electron chi connectivity index (χ4n) is 6.36. The van der Waals surface area contributed by atoms with Gasteiger partial charge in [0.15, 0.2) is 5.60 Å². The smallest absolute Gasteiger partial charge is 0.337 e. The van der Waals surface area contributed by atoms with Crippen LogP contribution in [0.15, 0.2) is 23.8 Å². The number of hydrogen-bond donors (Lipinski definition) is 1. The van der Waals surface area contributed by atoms with Crippen molar-refractivity contribution >= 4 is 5.97 Å². The number of hydrogen-bond acceptors (Lipinski definition) is 3. The van der Waals surface area contributed by atoms with Crippen molar-refractivity contribution in [2.75, 3.05) is 0 Å². The highest BCUT2D eigenvalue weighted by Gasteiger charge is 2.60. The van der Waals surface area contributed by atoms with Crippen LogP contribution in [0.25, 0.3) is 0 Å². The van der Waals surface area contributed by atoms with Crippen LogP contribution >= 0.6 is 0 Å². The topological polar surface area (TPSA) is 46.5 Å². The molecule has 0 aromatic carbocycles. The fraction of sp³-hybridized carbons (Fsp3) is 0.750. The third-order valence-corrected chi connectivity index (χ3v) is 7.57. The van der Waals surface area contributed by atoms with E-state index in [-0.39, 0.29) is 11.0 Å². The molecule has 0 spiro atoms. The Labute approximate surface area is 138 Å². The second kappa shape index (κ2) is 4.50. The van der Waals surface area contributed by atoms with E-state index in [9.17, 15) is 9.90 Å². The molecule has 23 heavy (non-hydrogen) atoms. The Hall–Kier alpha value is -1.09. The highest BCUT2D eigenvalue weighted by Crippen LogP contribution is 2.64. The molecule has 3 aliphatic carbocycles. The highest BCUT2D eigenvalue weighted by molar-refractivity contribution is 5.94. The number of aliphatic hydroxyl groups is 1. The molecule has 126 valence electrons. The number of allylic oxidation sites excluding steroid dienone is 1. The Bertz CT molecular complexity index is 616. The van der Waals surface area contributed by atoms with Gasteiger partial charge in [0.2, 0.25) is 0 Å². The van der Waals surface area contributed by atoms with Gasteiger partial charge in [-0.15, -0.1) is 0 Å². The fourth-order valence-corrected chi connectivity index (χ4v) is 6.36. The van der Waals surface area contributed by atoms with Crippen molar-refractivity contribution in [1.82, 2.24) is 0 Å². The molecule has 1 aliphatic heterocycles. The van der Waals surface area contributed by atoms with Gasteiger partial charge in [0.1, 0.15) is 6.10 Å². The first-order chi connectivity index (χ1) is 10.7. The van der Waals surface area contributed by atoms with Crippen molar-refractivity contribution in [2.24, 2.45) is 22.7 Å². The Morgan fingerprint density at radius 1 is 1.30 bits per heavy atom. The molecule has 4 rings (SSSR count). The lowest BCUT2D eigenvalue weighted by Gasteiger charge is -2.59. The maximum absolute atomic E-state index is 11.9. The predicted octanol–water partition coefficient (Wildman–Crippen LogP) is 3.77. The number of fused-ring (bicyclic) bond motifs is 4. The van der Waals surface area contributed by atoms with Crippen molar-refractivity contribution in [3.8, 4) is 0 Å². The van der Waals surface area contributed by atoms with Crippen molar-refractivity contribution in [3.63, 3.8) is 0 Å². The van der Waals surface area contributed by atoms with E-state index in [1.54, 1.807) is 0 Å².